The zero-order chi connectivity index (χ0) is 43.7. The van der Waals surface area contributed by atoms with Gasteiger partial charge in [-0.2, -0.15) is 0 Å². The first-order chi connectivity index (χ1) is 29.5. The number of ether oxygens (including phenoxy) is 3. The van der Waals surface area contributed by atoms with Gasteiger partial charge in [-0.15, -0.1) is 0 Å². The molecular weight excluding hydrogens is 745 g/mol. The van der Waals surface area contributed by atoms with Gasteiger partial charge < -0.3 is 14.2 Å². The van der Waals surface area contributed by atoms with E-state index in [2.05, 4.69) is 93.7 Å². The monoisotopic (exact) mass is 837 g/mol. The predicted octanol–water partition coefficient (Wildman–Crippen LogP) is 16.3. The number of rotatable bonds is 44. The highest BCUT2D eigenvalue weighted by molar-refractivity contribution is 5.71. The van der Waals surface area contributed by atoms with E-state index in [4.69, 9.17) is 14.2 Å². The molecule has 0 bridgehead atoms. The largest absolute Gasteiger partial charge is 0.462 e. The summed E-state index contributed by atoms with van der Waals surface area (Å²) in [6, 6.07) is 0. The third-order valence-corrected chi connectivity index (χ3v) is 10.4. The van der Waals surface area contributed by atoms with Crippen molar-refractivity contribution >= 4 is 17.9 Å². The Hall–Kier alpha value is -3.15. The molecule has 0 N–H and O–H groups in total. The summed E-state index contributed by atoms with van der Waals surface area (Å²) in [5, 5.41) is 0. The quantitative estimate of drug-likeness (QED) is 0.0263. The maximum Gasteiger partial charge on any atom is 0.306 e. The van der Waals surface area contributed by atoms with Crippen LogP contribution in [0.5, 0.6) is 0 Å². The minimum Gasteiger partial charge on any atom is -0.462 e. The molecule has 0 aromatic rings. The fourth-order valence-corrected chi connectivity index (χ4v) is 6.71. The van der Waals surface area contributed by atoms with Crippen molar-refractivity contribution in [3.63, 3.8) is 0 Å². The maximum absolute atomic E-state index is 12.7. The van der Waals surface area contributed by atoms with Gasteiger partial charge >= 0.3 is 17.9 Å². The van der Waals surface area contributed by atoms with Crippen molar-refractivity contribution in [2.24, 2.45) is 0 Å². The summed E-state index contributed by atoms with van der Waals surface area (Å²) < 4.78 is 16.7. The Bertz CT molecular complexity index is 1140. The third kappa shape index (κ3) is 45.9. The smallest absolute Gasteiger partial charge is 0.306 e. The summed E-state index contributed by atoms with van der Waals surface area (Å²) in [7, 11) is 0. The Kier molecular flexibility index (Phi) is 46.0. The molecule has 344 valence electrons. The summed E-state index contributed by atoms with van der Waals surface area (Å²) in [4.78, 5) is 37.7. The minimum absolute atomic E-state index is 0.0814. The van der Waals surface area contributed by atoms with Gasteiger partial charge in [0.05, 0.1) is 0 Å². The van der Waals surface area contributed by atoms with Gasteiger partial charge in [0.2, 0.25) is 0 Å². The Morgan fingerprint density at radius 2 is 0.683 bits per heavy atom. The van der Waals surface area contributed by atoms with E-state index in [0.29, 0.717) is 19.3 Å². The van der Waals surface area contributed by atoms with E-state index in [-0.39, 0.29) is 31.1 Å². The molecule has 60 heavy (non-hydrogen) atoms. The molecule has 0 saturated heterocycles. The molecule has 0 aromatic carbocycles. The molecule has 0 amide bonds. The molecule has 1 unspecified atom stereocenters. The minimum atomic E-state index is -0.780. The van der Waals surface area contributed by atoms with Crippen LogP contribution in [-0.4, -0.2) is 37.2 Å². The molecule has 6 nitrogen and oxygen atoms in total. The molecule has 0 aliphatic carbocycles. The maximum atomic E-state index is 12.7. The molecule has 0 radical (unpaired) electrons. The fourth-order valence-electron chi connectivity index (χ4n) is 6.71. The van der Waals surface area contributed by atoms with Crippen molar-refractivity contribution in [2.45, 2.75) is 239 Å². The number of esters is 3. The summed E-state index contributed by atoms with van der Waals surface area (Å²) in [5.41, 5.74) is 0. The Morgan fingerprint density at radius 3 is 1.10 bits per heavy atom. The van der Waals surface area contributed by atoms with Crippen LogP contribution < -0.4 is 0 Å². The highest BCUT2D eigenvalue weighted by atomic mass is 16.6. The lowest BCUT2D eigenvalue weighted by Crippen LogP contribution is -2.30. The molecule has 0 aliphatic heterocycles. The van der Waals surface area contributed by atoms with E-state index in [0.717, 1.165) is 116 Å². The number of hydrogen-bond donors (Lipinski definition) is 0. The number of unbranched alkanes of at least 4 members (excludes halogenated alkanes) is 21. The van der Waals surface area contributed by atoms with Gasteiger partial charge in [0.1, 0.15) is 13.2 Å². The van der Waals surface area contributed by atoms with Crippen molar-refractivity contribution in [1.29, 1.82) is 0 Å². The molecule has 6 heteroatoms. The topological polar surface area (TPSA) is 78.9 Å². The van der Waals surface area contributed by atoms with E-state index >= 15 is 0 Å². The van der Waals surface area contributed by atoms with E-state index in [1.165, 1.54) is 77.0 Å². The second kappa shape index (κ2) is 48.5. The summed E-state index contributed by atoms with van der Waals surface area (Å²) in [5.74, 6) is -0.908. The number of carbonyl (C=O) groups is 3. The van der Waals surface area contributed by atoms with Crippen molar-refractivity contribution in [1.82, 2.24) is 0 Å². The molecule has 0 rings (SSSR count). The van der Waals surface area contributed by atoms with Gasteiger partial charge in [-0.3, -0.25) is 14.4 Å². The van der Waals surface area contributed by atoms with Crippen LogP contribution in [0.1, 0.15) is 233 Å². The molecule has 0 heterocycles. The second-order valence-electron chi connectivity index (χ2n) is 16.3. The van der Waals surface area contributed by atoms with Crippen LogP contribution in [-0.2, 0) is 28.6 Å². The first-order valence-corrected chi connectivity index (χ1v) is 24.9. The van der Waals surface area contributed by atoms with Gasteiger partial charge in [0.25, 0.3) is 0 Å². The van der Waals surface area contributed by atoms with E-state index < -0.39 is 6.10 Å². The van der Waals surface area contributed by atoms with Crippen molar-refractivity contribution in [3.8, 4) is 0 Å². The van der Waals surface area contributed by atoms with E-state index in [9.17, 15) is 14.4 Å². The number of carbonyl (C=O) groups excluding carboxylic acids is 3. The Balaban J connectivity index is 4.25. The van der Waals surface area contributed by atoms with Crippen LogP contribution in [0.15, 0.2) is 72.9 Å². The molecule has 0 aliphatic rings. The third-order valence-electron chi connectivity index (χ3n) is 10.4. The van der Waals surface area contributed by atoms with Crippen LogP contribution >= 0.6 is 0 Å². The average Bonchev–Trinajstić information content (AvgIpc) is 3.24. The molecule has 1 atom stereocenters. The van der Waals surface area contributed by atoms with Crippen LogP contribution in [0, 0.1) is 0 Å². The Morgan fingerprint density at radius 1 is 0.350 bits per heavy atom. The summed E-state index contributed by atoms with van der Waals surface area (Å²) in [6.45, 7) is 6.42. The highest BCUT2D eigenvalue weighted by Gasteiger charge is 2.19. The molecule has 0 aromatic heterocycles. The molecule has 0 spiro atoms. The fraction of sp³-hybridized carbons (Fsp3) is 0.722. The Labute approximate surface area is 370 Å². The molecule has 0 saturated carbocycles. The van der Waals surface area contributed by atoms with Crippen LogP contribution in [0.3, 0.4) is 0 Å². The average molecular weight is 837 g/mol. The van der Waals surface area contributed by atoms with Crippen molar-refractivity contribution < 1.29 is 28.6 Å². The lowest BCUT2D eigenvalue weighted by Gasteiger charge is -2.18. The molecule has 0 fully saturated rings. The van der Waals surface area contributed by atoms with Crippen LogP contribution in [0.25, 0.3) is 0 Å². The zero-order valence-corrected chi connectivity index (χ0v) is 39.2. The van der Waals surface area contributed by atoms with Crippen LogP contribution in [0.2, 0.25) is 0 Å². The van der Waals surface area contributed by atoms with E-state index in [1.807, 2.05) is 0 Å². The standard InChI is InChI=1S/C54H92O6/c1-4-7-10-13-16-19-21-22-23-24-25-26-27-28-29-30-31-32-33-36-38-41-44-47-53(56)59-50-51(49-58-52(55)46-43-40-37-34-18-15-12-9-6-3)60-54(57)48-45-42-39-35-20-17-14-11-8-5-2/h7,10-11,14,16,19,22-23,25-26,28-29,51H,4-6,8-9,12-13,15,17-18,20-21,24,27,30-50H2,1-3H3/b10-7-,14-11-,19-16-,23-22-,26-25-,29-28-. The van der Waals surface area contributed by atoms with Gasteiger partial charge in [-0.1, -0.05) is 203 Å². The van der Waals surface area contributed by atoms with Crippen molar-refractivity contribution in [2.75, 3.05) is 13.2 Å². The number of hydrogen-bond acceptors (Lipinski definition) is 6. The SMILES string of the molecule is CC/C=C\C/C=C\C/C=C\C/C=C\C/C=C\CCCCCCCCCC(=O)OCC(COC(=O)CCCCCCCCCCC)OC(=O)CCCCCCC/C=C\CCC. The summed E-state index contributed by atoms with van der Waals surface area (Å²) in [6.07, 6.45) is 60.4. The van der Waals surface area contributed by atoms with Gasteiger partial charge in [-0.05, 0) is 83.5 Å². The normalized spacial score (nSPS) is 12.7. The lowest BCUT2D eigenvalue weighted by atomic mass is 10.1. The summed E-state index contributed by atoms with van der Waals surface area (Å²) >= 11 is 0. The van der Waals surface area contributed by atoms with E-state index in [1.54, 1.807) is 0 Å². The highest BCUT2D eigenvalue weighted by Crippen LogP contribution is 2.14. The first kappa shape index (κ1) is 56.9. The van der Waals surface area contributed by atoms with Crippen LogP contribution in [0.4, 0.5) is 0 Å². The second-order valence-corrected chi connectivity index (χ2v) is 16.3. The zero-order valence-electron chi connectivity index (χ0n) is 39.2. The van der Waals surface area contributed by atoms with Gasteiger partial charge in [0, 0.05) is 19.3 Å². The predicted molar refractivity (Wildman–Crippen MR) is 256 cm³/mol. The van der Waals surface area contributed by atoms with Gasteiger partial charge in [0.15, 0.2) is 6.10 Å². The number of allylic oxidation sites excluding steroid dienone is 12. The van der Waals surface area contributed by atoms with Crippen molar-refractivity contribution in [3.05, 3.63) is 72.9 Å². The first-order valence-electron chi connectivity index (χ1n) is 24.9. The lowest BCUT2D eigenvalue weighted by molar-refractivity contribution is -0.167. The molecular formula is C54H92O6. The van der Waals surface area contributed by atoms with Gasteiger partial charge in [-0.25, -0.2) is 0 Å².